The minimum absolute atomic E-state index is 0.773. The lowest BCUT2D eigenvalue weighted by Gasteiger charge is -2.33. The number of likely N-dealkylation sites (tertiary alicyclic amines) is 1. The first kappa shape index (κ1) is 11.4. The van der Waals surface area contributed by atoms with Gasteiger partial charge in [0.15, 0.2) is 0 Å². The number of hydrogen-bond acceptors (Lipinski definition) is 3. The van der Waals surface area contributed by atoms with Crippen molar-refractivity contribution in [3.05, 3.63) is 0 Å². The van der Waals surface area contributed by atoms with Crippen LogP contribution >= 0.6 is 0 Å². The van der Waals surface area contributed by atoms with Crippen LogP contribution in [0.5, 0.6) is 0 Å². The van der Waals surface area contributed by atoms with Gasteiger partial charge in [0.25, 0.3) is 0 Å². The number of nitrogens with zero attached hydrogens (tertiary/aromatic N) is 1. The van der Waals surface area contributed by atoms with Gasteiger partial charge in [0.2, 0.25) is 0 Å². The predicted molar refractivity (Wildman–Crippen MR) is 61.8 cm³/mol. The van der Waals surface area contributed by atoms with Gasteiger partial charge in [-0.05, 0) is 57.7 Å². The lowest BCUT2D eigenvalue weighted by molar-refractivity contribution is 0.0349. The Labute approximate surface area is 93.0 Å². The van der Waals surface area contributed by atoms with E-state index in [2.05, 4.69) is 4.90 Å². The highest BCUT2D eigenvalue weighted by Crippen LogP contribution is 2.21. The fourth-order valence-corrected chi connectivity index (χ4v) is 2.84. The van der Waals surface area contributed by atoms with E-state index in [-0.39, 0.29) is 0 Å². The molecule has 1 unspecified atom stereocenters. The highest BCUT2D eigenvalue weighted by atomic mass is 16.5. The molecular formula is C12H24N2O. The van der Waals surface area contributed by atoms with Gasteiger partial charge in [0.05, 0.1) is 0 Å². The van der Waals surface area contributed by atoms with Crippen LogP contribution in [0.1, 0.15) is 32.1 Å². The van der Waals surface area contributed by atoms with E-state index in [4.69, 9.17) is 10.5 Å². The topological polar surface area (TPSA) is 38.5 Å². The van der Waals surface area contributed by atoms with E-state index in [1.54, 1.807) is 0 Å². The Bertz CT molecular complexity index is 180. The Morgan fingerprint density at radius 2 is 1.87 bits per heavy atom. The van der Waals surface area contributed by atoms with E-state index in [9.17, 15) is 0 Å². The summed E-state index contributed by atoms with van der Waals surface area (Å²) in [5.41, 5.74) is 5.76. The molecule has 2 fully saturated rings. The minimum Gasteiger partial charge on any atom is -0.381 e. The van der Waals surface area contributed by atoms with Gasteiger partial charge in [-0.15, -0.1) is 0 Å². The molecule has 1 atom stereocenters. The molecule has 3 heteroatoms. The first-order valence-corrected chi connectivity index (χ1v) is 6.42. The van der Waals surface area contributed by atoms with Crippen molar-refractivity contribution >= 4 is 0 Å². The molecule has 0 radical (unpaired) electrons. The Balaban J connectivity index is 1.81. The molecule has 2 rings (SSSR count). The highest BCUT2D eigenvalue weighted by molar-refractivity contribution is 4.78. The summed E-state index contributed by atoms with van der Waals surface area (Å²) >= 11 is 0. The number of ether oxygens (including phenoxy) is 1. The minimum atomic E-state index is 0.773. The summed E-state index contributed by atoms with van der Waals surface area (Å²) < 4.78 is 5.42. The zero-order valence-corrected chi connectivity index (χ0v) is 9.66. The van der Waals surface area contributed by atoms with Crippen molar-refractivity contribution in [3.63, 3.8) is 0 Å². The smallest absolute Gasteiger partial charge is 0.0480 e. The van der Waals surface area contributed by atoms with Gasteiger partial charge in [-0.1, -0.05) is 0 Å². The molecule has 0 aliphatic carbocycles. The first-order chi connectivity index (χ1) is 7.40. The first-order valence-electron chi connectivity index (χ1n) is 6.42. The van der Waals surface area contributed by atoms with Crippen LogP contribution < -0.4 is 5.73 Å². The third kappa shape index (κ3) is 3.16. The van der Waals surface area contributed by atoms with Crippen molar-refractivity contribution < 1.29 is 4.74 Å². The van der Waals surface area contributed by atoms with Crippen LogP contribution in [0.3, 0.4) is 0 Å². The Morgan fingerprint density at radius 3 is 2.60 bits per heavy atom. The van der Waals surface area contributed by atoms with Crippen molar-refractivity contribution in [1.82, 2.24) is 4.90 Å². The largest absolute Gasteiger partial charge is 0.381 e. The summed E-state index contributed by atoms with van der Waals surface area (Å²) in [5, 5.41) is 0. The van der Waals surface area contributed by atoms with E-state index in [1.165, 1.54) is 45.2 Å². The molecule has 15 heavy (non-hydrogen) atoms. The Morgan fingerprint density at radius 1 is 1.07 bits per heavy atom. The third-order valence-electron chi connectivity index (χ3n) is 3.92. The molecule has 0 saturated carbocycles. The van der Waals surface area contributed by atoms with Gasteiger partial charge in [0, 0.05) is 19.3 Å². The van der Waals surface area contributed by atoms with Crippen LogP contribution in [0, 0.1) is 5.92 Å². The summed E-state index contributed by atoms with van der Waals surface area (Å²) in [5.74, 6) is 0.773. The predicted octanol–water partition coefficient (Wildman–Crippen LogP) is 1.23. The fraction of sp³-hybridized carbons (Fsp3) is 1.00. The molecule has 2 heterocycles. The quantitative estimate of drug-likeness (QED) is 0.748. The molecule has 2 saturated heterocycles. The zero-order valence-electron chi connectivity index (χ0n) is 9.66. The second kappa shape index (κ2) is 5.83. The standard InChI is InChI=1S/C12H24N2O/c13-10-11-2-1-6-14(7-3-11)12-4-8-15-9-5-12/h11-12H,1-10,13H2. The molecule has 0 spiro atoms. The van der Waals surface area contributed by atoms with Gasteiger partial charge in [0.1, 0.15) is 0 Å². The van der Waals surface area contributed by atoms with Gasteiger partial charge >= 0.3 is 0 Å². The summed E-state index contributed by atoms with van der Waals surface area (Å²) in [6, 6.07) is 0.787. The molecular weight excluding hydrogens is 188 g/mol. The molecule has 3 nitrogen and oxygen atoms in total. The molecule has 2 aliphatic heterocycles. The van der Waals surface area contributed by atoms with Crippen molar-refractivity contribution in [3.8, 4) is 0 Å². The lowest BCUT2D eigenvalue weighted by atomic mass is 10.0. The summed E-state index contributed by atoms with van der Waals surface area (Å²) in [4.78, 5) is 2.68. The van der Waals surface area contributed by atoms with Crippen LogP contribution in [0.4, 0.5) is 0 Å². The molecule has 0 amide bonds. The maximum Gasteiger partial charge on any atom is 0.0480 e. The summed E-state index contributed by atoms with van der Waals surface area (Å²) in [6.07, 6.45) is 6.42. The van der Waals surface area contributed by atoms with E-state index in [0.29, 0.717) is 0 Å². The number of hydrogen-bond donors (Lipinski definition) is 1. The number of nitrogens with two attached hydrogens (primary N) is 1. The van der Waals surface area contributed by atoms with E-state index >= 15 is 0 Å². The van der Waals surface area contributed by atoms with Crippen molar-refractivity contribution in [1.29, 1.82) is 0 Å². The molecule has 0 bridgehead atoms. The molecule has 0 aromatic carbocycles. The zero-order chi connectivity index (χ0) is 10.5. The van der Waals surface area contributed by atoms with Crippen LogP contribution in [-0.2, 0) is 4.74 Å². The molecule has 2 aliphatic rings. The Hall–Kier alpha value is -0.120. The van der Waals surface area contributed by atoms with Crippen LogP contribution in [0.25, 0.3) is 0 Å². The number of rotatable bonds is 2. The molecule has 0 aromatic rings. The van der Waals surface area contributed by atoms with Crippen molar-refractivity contribution in [2.75, 3.05) is 32.8 Å². The summed E-state index contributed by atoms with van der Waals surface area (Å²) in [6.45, 7) is 5.33. The van der Waals surface area contributed by atoms with E-state index in [0.717, 1.165) is 31.7 Å². The van der Waals surface area contributed by atoms with E-state index < -0.39 is 0 Å². The van der Waals surface area contributed by atoms with Gasteiger partial charge in [-0.25, -0.2) is 0 Å². The van der Waals surface area contributed by atoms with Crippen molar-refractivity contribution in [2.45, 2.75) is 38.1 Å². The van der Waals surface area contributed by atoms with Gasteiger partial charge < -0.3 is 15.4 Å². The van der Waals surface area contributed by atoms with Crippen LogP contribution in [-0.4, -0.2) is 43.8 Å². The average Bonchev–Trinajstić information content (AvgIpc) is 2.55. The van der Waals surface area contributed by atoms with Crippen LogP contribution in [0.15, 0.2) is 0 Å². The summed E-state index contributed by atoms with van der Waals surface area (Å²) in [7, 11) is 0. The highest BCUT2D eigenvalue weighted by Gasteiger charge is 2.24. The SMILES string of the molecule is NCC1CCCN(C2CCOCC2)CC1. The normalized spacial score (nSPS) is 31.4. The second-order valence-electron chi connectivity index (χ2n) is 4.91. The Kier molecular flexibility index (Phi) is 4.42. The molecule has 2 N–H and O–H groups in total. The van der Waals surface area contributed by atoms with Crippen LogP contribution in [0.2, 0.25) is 0 Å². The lowest BCUT2D eigenvalue weighted by Crippen LogP contribution is -2.40. The third-order valence-corrected chi connectivity index (χ3v) is 3.92. The molecule has 88 valence electrons. The van der Waals surface area contributed by atoms with Crippen molar-refractivity contribution in [2.24, 2.45) is 11.7 Å². The maximum atomic E-state index is 5.76. The van der Waals surface area contributed by atoms with Gasteiger partial charge in [-0.3, -0.25) is 0 Å². The monoisotopic (exact) mass is 212 g/mol. The fourth-order valence-electron chi connectivity index (χ4n) is 2.84. The second-order valence-corrected chi connectivity index (χ2v) is 4.91. The van der Waals surface area contributed by atoms with E-state index in [1.807, 2.05) is 0 Å². The average molecular weight is 212 g/mol. The van der Waals surface area contributed by atoms with Gasteiger partial charge in [-0.2, -0.15) is 0 Å². The maximum absolute atomic E-state index is 5.76. The molecule has 0 aromatic heterocycles.